The molecule has 0 bridgehead atoms. The third-order valence-corrected chi connectivity index (χ3v) is 3.26. The number of aliphatic hydroxyl groups is 1. The van der Waals surface area contributed by atoms with Gasteiger partial charge in [-0.3, -0.25) is 0 Å². The van der Waals surface area contributed by atoms with Gasteiger partial charge in [-0.2, -0.15) is 0 Å². The van der Waals surface area contributed by atoms with Crippen LogP contribution in [0, 0.1) is 0 Å². The molecule has 2 aromatic rings. The summed E-state index contributed by atoms with van der Waals surface area (Å²) in [6, 6.07) is 9.75. The molecule has 2 nitrogen and oxygen atoms in total. The summed E-state index contributed by atoms with van der Waals surface area (Å²) in [6.45, 7) is 2.12. The van der Waals surface area contributed by atoms with Crippen LogP contribution in [0.1, 0.15) is 24.2 Å². The topological polar surface area (TPSA) is 33.4 Å². The highest BCUT2D eigenvalue weighted by atomic mass is 32.2. The number of aliphatic hydroxyl groups excluding tert-OH is 1. The Morgan fingerprint density at radius 3 is 2.50 bits per heavy atom. The first-order valence-electron chi connectivity index (χ1n) is 5.24. The third kappa shape index (κ3) is 2.49. The van der Waals surface area contributed by atoms with E-state index in [1.807, 2.05) is 24.3 Å². The summed E-state index contributed by atoms with van der Waals surface area (Å²) < 4.78 is 4.96. The van der Waals surface area contributed by atoms with E-state index in [2.05, 4.69) is 6.92 Å². The Morgan fingerprint density at radius 1 is 1.19 bits per heavy atom. The molecule has 0 spiro atoms. The molecule has 1 aromatic heterocycles. The average molecular weight is 234 g/mol. The first-order valence-corrected chi connectivity index (χ1v) is 6.22. The molecule has 0 saturated carbocycles. The van der Waals surface area contributed by atoms with Crippen molar-refractivity contribution < 1.29 is 9.52 Å². The standard InChI is InChI=1S/C13H14O2S/c1-2-16-12-5-3-10(4-6-12)13(14)11-7-8-15-9-11/h3-9,13-14H,2H2,1H3. The van der Waals surface area contributed by atoms with E-state index in [1.165, 1.54) is 4.90 Å². The molecular weight excluding hydrogens is 220 g/mol. The zero-order valence-corrected chi connectivity index (χ0v) is 9.91. The third-order valence-electron chi connectivity index (χ3n) is 2.37. The van der Waals surface area contributed by atoms with Crippen LogP contribution in [0.2, 0.25) is 0 Å². The monoisotopic (exact) mass is 234 g/mol. The van der Waals surface area contributed by atoms with Gasteiger partial charge in [0.1, 0.15) is 6.10 Å². The van der Waals surface area contributed by atoms with Crippen molar-refractivity contribution in [2.75, 3.05) is 5.75 Å². The lowest BCUT2D eigenvalue weighted by Gasteiger charge is -2.09. The van der Waals surface area contributed by atoms with Gasteiger partial charge < -0.3 is 9.52 Å². The summed E-state index contributed by atoms with van der Waals surface area (Å²) in [5, 5.41) is 10.0. The number of thioether (sulfide) groups is 1. The quantitative estimate of drug-likeness (QED) is 0.822. The summed E-state index contributed by atoms with van der Waals surface area (Å²) >= 11 is 1.79. The fourth-order valence-corrected chi connectivity index (χ4v) is 2.20. The SMILES string of the molecule is CCSc1ccc(C(O)c2ccoc2)cc1. The van der Waals surface area contributed by atoms with Crippen LogP contribution in [-0.4, -0.2) is 10.9 Å². The van der Waals surface area contributed by atoms with E-state index in [9.17, 15) is 5.11 Å². The molecule has 0 amide bonds. The smallest absolute Gasteiger partial charge is 0.107 e. The van der Waals surface area contributed by atoms with E-state index in [4.69, 9.17) is 4.42 Å². The van der Waals surface area contributed by atoms with E-state index >= 15 is 0 Å². The highest BCUT2D eigenvalue weighted by Crippen LogP contribution is 2.25. The first kappa shape index (κ1) is 11.3. The summed E-state index contributed by atoms with van der Waals surface area (Å²) in [5.74, 6) is 1.06. The van der Waals surface area contributed by atoms with Gasteiger partial charge in [0, 0.05) is 10.5 Å². The maximum atomic E-state index is 10.0. The predicted molar refractivity (Wildman–Crippen MR) is 65.6 cm³/mol. The van der Waals surface area contributed by atoms with Crippen molar-refractivity contribution in [3.63, 3.8) is 0 Å². The van der Waals surface area contributed by atoms with Crippen molar-refractivity contribution in [3.05, 3.63) is 54.0 Å². The van der Waals surface area contributed by atoms with Crippen LogP contribution in [0.4, 0.5) is 0 Å². The Hall–Kier alpha value is -1.19. The molecule has 3 heteroatoms. The highest BCUT2D eigenvalue weighted by molar-refractivity contribution is 7.99. The Bertz CT molecular complexity index is 420. The maximum Gasteiger partial charge on any atom is 0.107 e. The van der Waals surface area contributed by atoms with Gasteiger partial charge in [-0.15, -0.1) is 11.8 Å². The van der Waals surface area contributed by atoms with Crippen LogP contribution in [0.3, 0.4) is 0 Å². The minimum Gasteiger partial charge on any atom is -0.472 e. The normalized spacial score (nSPS) is 12.6. The second-order valence-corrected chi connectivity index (χ2v) is 4.80. The molecule has 0 saturated heterocycles. The Kier molecular flexibility index (Phi) is 3.70. The van der Waals surface area contributed by atoms with E-state index in [0.29, 0.717) is 0 Å². The molecule has 1 N–H and O–H groups in total. The summed E-state index contributed by atoms with van der Waals surface area (Å²) in [7, 11) is 0. The molecule has 0 aliphatic carbocycles. The molecule has 1 heterocycles. The van der Waals surface area contributed by atoms with Crippen molar-refractivity contribution in [1.29, 1.82) is 0 Å². The molecular formula is C13H14O2S. The number of furan rings is 1. The summed E-state index contributed by atoms with van der Waals surface area (Å²) in [5.41, 5.74) is 1.68. The lowest BCUT2D eigenvalue weighted by Crippen LogP contribution is -1.97. The molecule has 1 aromatic carbocycles. The van der Waals surface area contributed by atoms with Crippen molar-refractivity contribution >= 4 is 11.8 Å². The number of benzene rings is 1. The largest absolute Gasteiger partial charge is 0.472 e. The van der Waals surface area contributed by atoms with Gasteiger partial charge in [0.25, 0.3) is 0 Å². The zero-order valence-electron chi connectivity index (χ0n) is 9.09. The summed E-state index contributed by atoms with van der Waals surface area (Å²) in [4.78, 5) is 1.23. The molecule has 2 rings (SSSR count). The number of hydrogen-bond donors (Lipinski definition) is 1. The second kappa shape index (κ2) is 5.23. The Morgan fingerprint density at radius 2 is 1.94 bits per heavy atom. The van der Waals surface area contributed by atoms with Gasteiger partial charge in [-0.05, 0) is 29.5 Å². The Balaban J connectivity index is 2.15. The second-order valence-electron chi connectivity index (χ2n) is 3.46. The van der Waals surface area contributed by atoms with Crippen molar-refractivity contribution in [3.8, 4) is 0 Å². The van der Waals surface area contributed by atoms with Gasteiger partial charge in [0.15, 0.2) is 0 Å². The van der Waals surface area contributed by atoms with Crippen LogP contribution in [-0.2, 0) is 0 Å². The van der Waals surface area contributed by atoms with Crippen LogP contribution >= 0.6 is 11.8 Å². The number of hydrogen-bond acceptors (Lipinski definition) is 3. The fourth-order valence-electron chi connectivity index (χ4n) is 1.54. The minimum atomic E-state index is -0.598. The molecule has 16 heavy (non-hydrogen) atoms. The predicted octanol–water partition coefficient (Wildman–Crippen LogP) is 3.47. The van der Waals surface area contributed by atoms with Crippen LogP contribution in [0.25, 0.3) is 0 Å². The van der Waals surface area contributed by atoms with E-state index in [0.717, 1.165) is 16.9 Å². The van der Waals surface area contributed by atoms with Gasteiger partial charge in [-0.25, -0.2) is 0 Å². The van der Waals surface area contributed by atoms with Crippen LogP contribution in [0.5, 0.6) is 0 Å². The zero-order chi connectivity index (χ0) is 11.4. The van der Waals surface area contributed by atoms with Crippen molar-refractivity contribution in [2.24, 2.45) is 0 Å². The molecule has 0 radical (unpaired) electrons. The van der Waals surface area contributed by atoms with Crippen LogP contribution < -0.4 is 0 Å². The van der Waals surface area contributed by atoms with Crippen molar-refractivity contribution in [2.45, 2.75) is 17.9 Å². The fraction of sp³-hybridized carbons (Fsp3) is 0.231. The molecule has 0 aliphatic rings. The summed E-state index contributed by atoms with van der Waals surface area (Å²) in [6.07, 6.45) is 2.54. The van der Waals surface area contributed by atoms with E-state index in [1.54, 1.807) is 30.4 Å². The molecule has 84 valence electrons. The lowest BCUT2D eigenvalue weighted by molar-refractivity contribution is 0.219. The van der Waals surface area contributed by atoms with Gasteiger partial charge in [-0.1, -0.05) is 19.1 Å². The molecule has 0 aliphatic heterocycles. The first-order chi connectivity index (χ1) is 7.81. The van der Waals surface area contributed by atoms with E-state index < -0.39 is 6.10 Å². The number of rotatable bonds is 4. The Labute approximate surface area is 99.3 Å². The maximum absolute atomic E-state index is 10.0. The molecule has 0 fully saturated rings. The molecule has 1 unspecified atom stereocenters. The minimum absolute atomic E-state index is 0.598. The van der Waals surface area contributed by atoms with Gasteiger partial charge in [0.05, 0.1) is 12.5 Å². The lowest BCUT2D eigenvalue weighted by atomic mass is 10.0. The van der Waals surface area contributed by atoms with Gasteiger partial charge in [0.2, 0.25) is 0 Å². The van der Waals surface area contributed by atoms with Crippen molar-refractivity contribution in [1.82, 2.24) is 0 Å². The average Bonchev–Trinajstić information content (AvgIpc) is 2.83. The molecule has 1 atom stereocenters. The highest BCUT2D eigenvalue weighted by Gasteiger charge is 2.10. The van der Waals surface area contributed by atoms with Gasteiger partial charge >= 0.3 is 0 Å². The van der Waals surface area contributed by atoms with Crippen LogP contribution in [0.15, 0.2) is 52.2 Å². The van der Waals surface area contributed by atoms with E-state index in [-0.39, 0.29) is 0 Å².